The van der Waals surface area contributed by atoms with Gasteiger partial charge in [-0.2, -0.15) is 0 Å². The van der Waals surface area contributed by atoms with Gasteiger partial charge in [0.25, 0.3) is 0 Å². The molecule has 5 atom stereocenters. The van der Waals surface area contributed by atoms with Crippen LogP contribution in [0.1, 0.15) is 43.2 Å². The Morgan fingerprint density at radius 3 is 2.93 bits per heavy atom. The van der Waals surface area contributed by atoms with E-state index in [-0.39, 0.29) is 17.1 Å². The molecular weight excluding hydrogens is 340 g/mol. The van der Waals surface area contributed by atoms with E-state index < -0.39 is 5.60 Å². The van der Waals surface area contributed by atoms with Crippen molar-refractivity contribution in [2.75, 3.05) is 20.2 Å². The number of rotatable bonds is 3. The lowest BCUT2D eigenvalue weighted by Gasteiger charge is -2.68. The summed E-state index contributed by atoms with van der Waals surface area (Å²) in [7, 11) is 1.71. The van der Waals surface area contributed by atoms with Gasteiger partial charge in [-0.3, -0.25) is 9.89 Å². The number of likely N-dealkylation sites (tertiary alicyclic amines) is 1. The molecule has 2 saturated carbocycles. The van der Waals surface area contributed by atoms with E-state index in [2.05, 4.69) is 11.0 Å². The van der Waals surface area contributed by atoms with Crippen LogP contribution in [-0.4, -0.2) is 59.7 Å². The first-order valence-corrected chi connectivity index (χ1v) is 10.5. The van der Waals surface area contributed by atoms with Crippen molar-refractivity contribution in [3.63, 3.8) is 0 Å². The average Bonchev–Trinajstić information content (AvgIpc) is 3.41. The molecule has 3 fully saturated rings. The molecule has 27 heavy (non-hydrogen) atoms. The second-order valence-electron chi connectivity index (χ2n) is 9.68. The molecule has 4 aliphatic heterocycles. The van der Waals surface area contributed by atoms with Crippen molar-refractivity contribution in [1.29, 1.82) is 0 Å². The van der Waals surface area contributed by atoms with Crippen molar-refractivity contribution >= 4 is 6.21 Å². The van der Waals surface area contributed by atoms with Gasteiger partial charge in [-0.1, -0.05) is 6.07 Å². The molecule has 0 aromatic heterocycles. The minimum atomic E-state index is -0.955. The summed E-state index contributed by atoms with van der Waals surface area (Å²) in [6.45, 7) is 2.30. The van der Waals surface area contributed by atoms with Gasteiger partial charge in [-0.05, 0) is 62.6 Å². The molecule has 0 radical (unpaired) electrons. The fourth-order valence-electron chi connectivity index (χ4n) is 7.30. The van der Waals surface area contributed by atoms with Crippen LogP contribution in [0.4, 0.5) is 0 Å². The quantitative estimate of drug-likeness (QED) is 0.890. The Morgan fingerprint density at radius 1 is 1.30 bits per heavy atom. The highest BCUT2D eigenvalue weighted by atomic mass is 16.5. The minimum Gasteiger partial charge on any atom is -0.493 e. The Hall–Kier alpha value is -1.59. The molecule has 3 aliphatic carbocycles. The predicted molar refractivity (Wildman–Crippen MR) is 101 cm³/mol. The molecule has 0 amide bonds. The number of piperidine rings is 1. The number of aliphatic hydroxyl groups is 1. The van der Waals surface area contributed by atoms with Crippen LogP contribution >= 0.6 is 0 Å². The highest BCUT2D eigenvalue weighted by Crippen LogP contribution is 2.69. The highest BCUT2D eigenvalue weighted by Gasteiger charge is 2.78. The number of nitrogens with zero attached hydrogens (tertiary/aromatic N) is 2. The first kappa shape index (κ1) is 15.3. The summed E-state index contributed by atoms with van der Waals surface area (Å²) >= 11 is 0. The van der Waals surface area contributed by atoms with Gasteiger partial charge in [0.05, 0.1) is 18.1 Å². The van der Waals surface area contributed by atoms with Gasteiger partial charge in [0.1, 0.15) is 11.7 Å². The van der Waals surface area contributed by atoms with Gasteiger partial charge in [-0.15, -0.1) is 0 Å². The Labute approximate surface area is 159 Å². The third kappa shape index (κ3) is 1.53. The summed E-state index contributed by atoms with van der Waals surface area (Å²) in [5, 5.41) is 11.5. The van der Waals surface area contributed by atoms with Crippen molar-refractivity contribution in [3.05, 3.63) is 23.3 Å². The average molecular weight is 366 g/mol. The third-order valence-corrected chi connectivity index (χ3v) is 8.60. The van der Waals surface area contributed by atoms with Gasteiger partial charge in [-0.25, -0.2) is 0 Å². The molecule has 5 heteroatoms. The normalized spacial score (nSPS) is 45.6. The minimum absolute atomic E-state index is 0.153. The predicted octanol–water partition coefficient (Wildman–Crippen LogP) is 2.08. The molecule has 4 bridgehead atoms. The van der Waals surface area contributed by atoms with Crippen molar-refractivity contribution in [3.8, 4) is 11.5 Å². The van der Waals surface area contributed by atoms with Crippen LogP contribution in [-0.2, 0) is 11.8 Å². The van der Waals surface area contributed by atoms with E-state index in [9.17, 15) is 5.11 Å². The fourth-order valence-corrected chi connectivity index (χ4v) is 7.30. The maximum Gasteiger partial charge on any atom is 0.166 e. The summed E-state index contributed by atoms with van der Waals surface area (Å²) < 4.78 is 12.2. The fraction of sp³-hybridized carbons (Fsp3) is 0.682. The number of aliphatic imine (C=N–C) groups is 1. The van der Waals surface area contributed by atoms with E-state index in [0.717, 1.165) is 49.6 Å². The van der Waals surface area contributed by atoms with Crippen LogP contribution < -0.4 is 9.47 Å². The second-order valence-corrected chi connectivity index (χ2v) is 9.68. The molecule has 142 valence electrons. The third-order valence-electron chi connectivity index (χ3n) is 8.60. The molecule has 1 saturated heterocycles. The summed E-state index contributed by atoms with van der Waals surface area (Å²) in [5.41, 5.74) is 1.39. The molecule has 1 aromatic rings. The number of ether oxygens (including phenoxy) is 2. The van der Waals surface area contributed by atoms with E-state index >= 15 is 0 Å². The maximum absolute atomic E-state index is 11.5. The lowest BCUT2D eigenvalue weighted by molar-refractivity contribution is -0.149. The summed E-state index contributed by atoms with van der Waals surface area (Å²) in [6, 6.07) is 4.71. The van der Waals surface area contributed by atoms with E-state index in [1.54, 1.807) is 7.11 Å². The lowest BCUT2D eigenvalue weighted by atomic mass is 9.44. The van der Waals surface area contributed by atoms with E-state index in [0.29, 0.717) is 6.04 Å². The highest BCUT2D eigenvalue weighted by molar-refractivity contribution is 5.79. The zero-order valence-electron chi connectivity index (χ0n) is 15.8. The summed E-state index contributed by atoms with van der Waals surface area (Å²) in [5.74, 6) is 2.56. The van der Waals surface area contributed by atoms with Crippen molar-refractivity contribution in [2.24, 2.45) is 10.9 Å². The Balaban J connectivity index is 1.50. The number of hydrogen-bond donors (Lipinski definition) is 1. The van der Waals surface area contributed by atoms with E-state index in [1.807, 2.05) is 12.3 Å². The van der Waals surface area contributed by atoms with E-state index in [1.165, 1.54) is 30.5 Å². The van der Waals surface area contributed by atoms with Crippen LogP contribution in [0.25, 0.3) is 0 Å². The monoisotopic (exact) mass is 366 g/mol. The standard InChI is InChI=1S/C22H26N2O3/c1-26-15-5-4-14-10-16-22-7-6-20(25,12-23-22)19-21(22,17(14)18(15)27-19)8-9-24(16)11-13-2-3-13/h4-5,12-13,16,19,25H,2-3,6-11H2,1H3/t16-,19+,20-,21+,22-/m1/s1. The number of hydrogen-bond acceptors (Lipinski definition) is 5. The molecule has 1 N–H and O–H groups in total. The summed E-state index contributed by atoms with van der Waals surface area (Å²) in [6.07, 6.45) is 8.15. The van der Waals surface area contributed by atoms with Crippen LogP contribution in [0.5, 0.6) is 11.5 Å². The zero-order chi connectivity index (χ0) is 18.0. The molecule has 8 rings (SSSR count). The smallest absolute Gasteiger partial charge is 0.166 e. The van der Waals surface area contributed by atoms with Gasteiger partial charge < -0.3 is 14.6 Å². The molecule has 4 heterocycles. The number of methoxy groups -OCH3 is 1. The first-order chi connectivity index (χ1) is 13.1. The van der Waals surface area contributed by atoms with Gasteiger partial charge >= 0.3 is 0 Å². The van der Waals surface area contributed by atoms with Crippen molar-refractivity contribution in [1.82, 2.24) is 4.90 Å². The van der Waals surface area contributed by atoms with Gasteiger partial charge in [0.15, 0.2) is 11.5 Å². The summed E-state index contributed by atoms with van der Waals surface area (Å²) in [4.78, 5) is 7.91. The van der Waals surface area contributed by atoms with Crippen LogP contribution in [0.15, 0.2) is 17.1 Å². The SMILES string of the molecule is COc1ccc2c3c1O[C@@H]1[C@]34CCN(CC3CC3)[C@H](C2)[C@]42CC[C@@]1(O)C=N2. The second kappa shape index (κ2) is 4.52. The molecule has 0 unspecified atom stereocenters. The molecule has 1 aromatic carbocycles. The molecule has 5 nitrogen and oxygen atoms in total. The topological polar surface area (TPSA) is 54.3 Å². The Bertz CT molecular complexity index is 896. The number of benzene rings is 1. The Kier molecular flexibility index (Phi) is 2.57. The maximum atomic E-state index is 11.5. The van der Waals surface area contributed by atoms with Gasteiger partial charge in [0, 0.05) is 24.4 Å². The van der Waals surface area contributed by atoms with Crippen LogP contribution in [0.3, 0.4) is 0 Å². The van der Waals surface area contributed by atoms with Gasteiger partial charge in [0.2, 0.25) is 0 Å². The van der Waals surface area contributed by atoms with Crippen molar-refractivity contribution in [2.45, 2.75) is 67.2 Å². The first-order valence-electron chi connectivity index (χ1n) is 10.5. The Morgan fingerprint density at radius 2 is 2.19 bits per heavy atom. The lowest BCUT2D eigenvalue weighted by Crippen LogP contribution is -2.81. The number of fused-ring (bicyclic) bond motifs is 1. The van der Waals surface area contributed by atoms with Crippen molar-refractivity contribution < 1.29 is 14.6 Å². The van der Waals surface area contributed by atoms with Crippen LogP contribution in [0.2, 0.25) is 0 Å². The van der Waals surface area contributed by atoms with Crippen LogP contribution in [0, 0.1) is 5.92 Å². The molecule has 7 aliphatic rings. The zero-order valence-corrected chi connectivity index (χ0v) is 15.8. The van der Waals surface area contributed by atoms with E-state index in [4.69, 9.17) is 14.5 Å². The molecular formula is C22H26N2O3. The largest absolute Gasteiger partial charge is 0.493 e. The molecule has 2 spiro atoms.